The van der Waals surface area contributed by atoms with Gasteiger partial charge < -0.3 is 4.74 Å². The molecule has 0 bridgehead atoms. The molecule has 2 rings (SSSR count). The van der Waals surface area contributed by atoms with E-state index in [1.165, 1.54) is 31.7 Å². The number of urea groups is 1. The van der Waals surface area contributed by atoms with E-state index in [0.29, 0.717) is 5.56 Å². The number of aromatic nitrogens is 2. The van der Waals surface area contributed by atoms with Gasteiger partial charge >= 0.3 is 12.0 Å². The lowest BCUT2D eigenvalue weighted by Crippen LogP contribution is -2.51. The first kappa shape index (κ1) is 13.4. The molecule has 0 spiro atoms. The molecule has 1 aliphatic heterocycles. The van der Waals surface area contributed by atoms with Crippen molar-refractivity contribution in [3.8, 4) is 6.01 Å². The normalized spacial score (nSPS) is 15.1. The summed E-state index contributed by atoms with van der Waals surface area (Å²) in [5, 5.41) is 3.94. The Hall–Kier alpha value is -3.03. The van der Waals surface area contributed by atoms with Gasteiger partial charge in [-0.25, -0.2) is 14.8 Å². The van der Waals surface area contributed by atoms with Crippen molar-refractivity contribution in [2.24, 2.45) is 0 Å². The standard InChI is InChI=1S/C12H10N4O4/c1-20-12-13-5-7(6-14-12)3-2-4-8-9(17)15-11(19)16-10(8)18/h2-6H,1H3,(H2,15,16,17,18,19)/b3-2+. The zero-order chi connectivity index (χ0) is 14.5. The Balaban J connectivity index is 2.10. The Bertz CT molecular complexity index is 597. The molecule has 2 heterocycles. The fourth-order valence-electron chi connectivity index (χ4n) is 1.40. The highest BCUT2D eigenvalue weighted by Gasteiger charge is 2.26. The predicted molar refractivity (Wildman–Crippen MR) is 67.4 cm³/mol. The molecule has 1 aromatic rings. The first-order chi connectivity index (χ1) is 9.60. The average molecular weight is 274 g/mol. The molecule has 8 heteroatoms. The van der Waals surface area contributed by atoms with Crippen LogP contribution in [0.2, 0.25) is 0 Å². The Kier molecular flexibility index (Phi) is 3.85. The van der Waals surface area contributed by atoms with Crippen molar-refractivity contribution in [1.82, 2.24) is 20.6 Å². The average Bonchev–Trinajstić information content (AvgIpc) is 2.42. The number of hydrogen-bond donors (Lipinski definition) is 2. The number of nitrogens with one attached hydrogen (secondary N) is 2. The largest absolute Gasteiger partial charge is 0.467 e. The molecule has 1 fully saturated rings. The minimum absolute atomic E-state index is 0.157. The van der Waals surface area contributed by atoms with E-state index < -0.39 is 17.8 Å². The molecule has 0 radical (unpaired) electrons. The van der Waals surface area contributed by atoms with Gasteiger partial charge in [0.05, 0.1) is 7.11 Å². The van der Waals surface area contributed by atoms with E-state index in [2.05, 4.69) is 9.97 Å². The molecule has 0 saturated carbocycles. The van der Waals surface area contributed by atoms with Crippen LogP contribution in [0.15, 0.2) is 30.1 Å². The van der Waals surface area contributed by atoms with Crippen LogP contribution in [0.4, 0.5) is 4.79 Å². The predicted octanol–water partition coefficient (Wildman–Crippen LogP) is -0.209. The van der Waals surface area contributed by atoms with Gasteiger partial charge in [0.25, 0.3) is 11.8 Å². The van der Waals surface area contributed by atoms with Crippen LogP contribution in [0.3, 0.4) is 0 Å². The summed E-state index contributed by atoms with van der Waals surface area (Å²) in [6.45, 7) is 0. The van der Waals surface area contributed by atoms with Crippen LogP contribution in [0.1, 0.15) is 5.56 Å². The summed E-state index contributed by atoms with van der Waals surface area (Å²) in [5.74, 6) is -1.48. The maximum Gasteiger partial charge on any atom is 0.328 e. The minimum atomic E-state index is -0.829. The Morgan fingerprint density at radius 1 is 1.10 bits per heavy atom. The van der Waals surface area contributed by atoms with Crippen LogP contribution in [0.25, 0.3) is 6.08 Å². The van der Waals surface area contributed by atoms with E-state index in [0.717, 1.165) is 0 Å². The van der Waals surface area contributed by atoms with E-state index in [9.17, 15) is 14.4 Å². The smallest absolute Gasteiger partial charge is 0.328 e. The molecule has 102 valence electrons. The van der Waals surface area contributed by atoms with Gasteiger partial charge in [0.1, 0.15) is 5.57 Å². The lowest BCUT2D eigenvalue weighted by molar-refractivity contribution is -0.124. The zero-order valence-corrected chi connectivity index (χ0v) is 10.4. The molecular formula is C12H10N4O4. The number of barbiturate groups is 1. The van der Waals surface area contributed by atoms with Gasteiger partial charge in [0.2, 0.25) is 0 Å². The second kappa shape index (κ2) is 5.74. The highest BCUT2D eigenvalue weighted by Crippen LogP contribution is 2.05. The Morgan fingerprint density at radius 3 is 2.25 bits per heavy atom. The van der Waals surface area contributed by atoms with Crippen LogP contribution < -0.4 is 15.4 Å². The fourth-order valence-corrected chi connectivity index (χ4v) is 1.40. The van der Waals surface area contributed by atoms with Crippen molar-refractivity contribution in [3.05, 3.63) is 35.7 Å². The first-order valence-corrected chi connectivity index (χ1v) is 5.51. The third-order valence-electron chi connectivity index (χ3n) is 2.33. The highest BCUT2D eigenvalue weighted by molar-refractivity contribution is 6.29. The Labute approximate surface area is 113 Å². The van der Waals surface area contributed by atoms with Crippen LogP contribution in [0.5, 0.6) is 6.01 Å². The van der Waals surface area contributed by atoms with Gasteiger partial charge in [0.15, 0.2) is 0 Å². The number of hydrogen-bond acceptors (Lipinski definition) is 6. The van der Waals surface area contributed by atoms with Gasteiger partial charge in [-0.1, -0.05) is 12.2 Å². The summed E-state index contributed by atoms with van der Waals surface area (Å²) in [5.41, 5.74) is 0.505. The second-order valence-corrected chi connectivity index (χ2v) is 3.68. The van der Waals surface area contributed by atoms with Gasteiger partial charge in [-0.05, 0) is 6.08 Å². The summed E-state index contributed by atoms with van der Waals surface area (Å²) in [6, 6.07) is -0.588. The van der Waals surface area contributed by atoms with Crippen LogP contribution >= 0.6 is 0 Å². The van der Waals surface area contributed by atoms with E-state index >= 15 is 0 Å². The summed E-state index contributed by atoms with van der Waals surface area (Å²) in [6.07, 6.45) is 7.41. The molecule has 0 unspecified atom stereocenters. The van der Waals surface area contributed by atoms with Crippen molar-refractivity contribution in [3.63, 3.8) is 0 Å². The molecule has 0 aromatic carbocycles. The molecular weight excluding hydrogens is 264 g/mol. The summed E-state index contributed by atoms with van der Waals surface area (Å²) in [4.78, 5) is 41.4. The van der Waals surface area contributed by atoms with Crippen molar-refractivity contribution < 1.29 is 19.1 Å². The zero-order valence-electron chi connectivity index (χ0n) is 10.4. The molecule has 20 heavy (non-hydrogen) atoms. The third-order valence-corrected chi connectivity index (χ3v) is 2.33. The molecule has 0 aliphatic carbocycles. The van der Waals surface area contributed by atoms with Crippen LogP contribution in [-0.2, 0) is 9.59 Å². The summed E-state index contributed by atoms with van der Waals surface area (Å²) < 4.78 is 4.81. The van der Waals surface area contributed by atoms with E-state index in [1.54, 1.807) is 6.08 Å². The van der Waals surface area contributed by atoms with Gasteiger partial charge in [0, 0.05) is 18.0 Å². The van der Waals surface area contributed by atoms with E-state index in [-0.39, 0.29) is 11.6 Å². The second-order valence-electron chi connectivity index (χ2n) is 3.68. The molecule has 4 amide bonds. The molecule has 0 atom stereocenters. The maximum absolute atomic E-state index is 11.4. The topological polar surface area (TPSA) is 110 Å². The number of carbonyl (C=O) groups excluding carboxylic acids is 3. The fraction of sp³-hybridized carbons (Fsp3) is 0.0833. The van der Waals surface area contributed by atoms with Crippen LogP contribution in [0, 0.1) is 0 Å². The molecule has 2 N–H and O–H groups in total. The number of rotatable bonds is 3. The number of allylic oxidation sites excluding steroid dienone is 2. The number of amides is 4. The Morgan fingerprint density at radius 2 is 1.70 bits per heavy atom. The molecule has 1 saturated heterocycles. The SMILES string of the molecule is COc1ncc(/C=C/C=C2C(=O)NC(=O)NC2=O)cn1. The highest BCUT2D eigenvalue weighted by atomic mass is 16.5. The minimum Gasteiger partial charge on any atom is -0.467 e. The van der Waals surface area contributed by atoms with Crippen molar-refractivity contribution >= 4 is 23.9 Å². The molecule has 1 aliphatic rings. The number of nitrogens with zero attached hydrogens (tertiary/aromatic N) is 2. The monoisotopic (exact) mass is 274 g/mol. The lowest BCUT2D eigenvalue weighted by Gasteiger charge is -2.12. The quantitative estimate of drug-likeness (QED) is 0.583. The number of methoxy groups -OCH3 is 1. The molecule has 8 nitrogen and oxygen atoms in total. The summed E-state index contributed by atoms with van der Waals surface area (Å²) >= 11 is 0. The number of imide groups is 2. The number of ether oxygens (including phenoxy) is 1. The summed E-state index contributed by atoms with van der Waals surface area (Å²) in [7, 11) is 1.46. The van der Waals surface area contributed by atoms with Crippen molar-refractivity contribution in [2.45, 2.75) is 0 Å². The molecule has 1 aromatic heterocycles. The van der Waals surface area contributed by atoms with Gasteiger partial charge in [-0.3, -0.25) is 20.2 Å². The van der Waals surface area contributed by atoms with E-state index in [4.69, 9.17) is 4.74 Å². The first-order valence-electron chi connectivity index (χ1n) is 5.51. The van der Waals surface area contributed by atoms with Crippen molar-refractivity contribution in [2.75, 3.05) is 7.11 Å². The third kappa shape index (κ3) is 3.05. The van der Waals surface area contributed by atoms with E-state index in [1.807, 2.05) is 10.6 Å². The van der Waals surface area contributed by atoms with Crippen LogP contribution in [-0.4, -0.2) is 34.9 Å². The van der Waals surface area contributed by atoms with Gasteiger partial charge in [-0.2, -0.15) is 0 Å². The lowest BCUT2D eigenvalue weighted by atomic mass is 10.1. The van der Waals surface area contributed by atoms with Gasteiger partial charge in [-0.15, -0.1) is 0 Å². The number of carbonyl (C=O) groups is 3. The van der Waals surface area contributed by atoms with Crippen molar-refractivity contribution in [1.29, 1.82) is 0 Å². The maximum atomic E-state index is 11.4.